The standard InChI is InChI=1S/C22H28N2O4/c1-14-9-15(2)22(16(3)10-14)23-20(25)13-24(4)21(26)12-17-11-18(27-5)7-8-19(17)28-6/h7-11H,12-13H2,1-6H3,(H,23,25). The summed E-state index contributed by atoms with van der Waals surface area (Å²) in [6, 6.07) is 9.34. The van der Waals surface area contributed by atoms with Crippen molar-refractivity contribution in [3.63, 3.8) is 0 Å². The average Bonchev–Trinajstić information content (AvgIpc) is 2.64. The zero-order valence-electron chi connectivity index (χ0n) is 17.4. The Morgan fingerprint density at radius 1 is 1.00 bits per heavy atom. The molecule has 0 radical (unpaired) electrons. The minimum Gasteiger partial charge on any atom is -0.497 e. The van der Waals surface area contributed by atoms with Gasteiger partial charge in [0.15, 0.2) is 0 Å². The number of ether oxygens (including phenoxy) is 2. The molecule has 1 N–H and O–H groups in total. The molecule has 0 atom stereocenters. The molecule has 6 heteroatoms. The van der Waals surface area contributed by atoms with E-state index >= 15 is 0 Å². The van der Waals surface area contributed by atoms with Gasteiger partial charge < -0.3 is 19.7 Å². The Hall–Kier alpha value is -3.02. The molecule has 150 valence electrons. The Kier molecular flexibility index (Phi) is 7.04. The summed E-state index contributed by atoms with van der Waals surface area (Å²) >= 11 is 0. The predicted octanol–water partition coefficient (Wildman–Crippen LogP) is 3.27. The number of aryl methyl sites for hydroxylation is 3. The molecular weight excluding hydrogens is 356 g/mol. The van der Waals surface area contributed by atoms with Crippen LogP contribution in [0.5, 0.6) is 11.5 Å². The van der Waals surface area contributed by atoms with Crippen LogP contribution in [0, 0.1) is 20.8 Å². The average molecular weight is 384 g/mol. The first-order valence-electron chi connectivity index (χ1n) is 9.07. The molecule has 0 aliphatic rings. The first-order chi connectivity index (χ1) is 13.2. The molecule has 0 saturated carbocycles. The molecule has 28 heavy (non-hydrogen) atoms. The van der Waals surface area contributed by atoms with E-state index in [0.717, 1.165) is 22.4 Å². The number of carbonyl (C=O) groups excluding carboxylic acids is 2. The molecule has 2 rings (SSSR count). The van der Waals surface area contributed by atoms with Crippen LogP contribution in [0.3, 0.4) is 0 Å². The van der Waals surface area contributed by atoms with Crippen LogP contribution in [0.4, 0.5) is 5.69 Å². The van der Waals surface area contributed by atoms with Crippen molar-refractivity contribution in [2.24, 2.45) is 0 Å². The van der Waals surface area contributed by atoms with Crippen LogP contribution in [-0.4, -0.2) is 44.5 Å². The Balaban J connectivity index is 2.04. The molecule has 2 aromatic carbocycles. The lowest BCUT2D eigenvalue weighted by atomic mass is 10.1. The van der Waals surface area contributed by atoms with Crippen molar-refractivity contribution in [1.82, 2.24) is 4.90 Å². The van der Waals surface area contributed by atoms with Gasteiger partial charge in [-0.2, -0.15) is 0 Å². The minimum absolute atomic E-state index is 0.0299. The third kappa shape index (κ3) is 5.25. The second-order valence-corrected chi connectivity index (χ2v) is 6.93. The maximum atomic E-state index is 12.6. The van der Waals surface area contributed by atoms with Gasteiger partial charge in [-0.05, 0) is 50.1 Å². The third-order valence-electron chi connectivity index (χ3n) is 4.58. The number of carbonyl (C=O) groups is 2. The summed E-state index contributed by atoms with van der Waals surface area (Å²) in [5.41, 5.74) is 4.66. The second-order valence-electron chi connectivity index (χ2n) is 6.93. The number of benzene rings is 2. The molecule has 6 nitrogen and oxygen atoms in total. The highest BCUT2D eigenvalue weighted by Crippen LogP contribution is 2.25. The second kappa shape index (κ2) is 9.26. The monoisotopic (exact) mass is 384 g/mol. The van der Waals surface area contributed by atoms with Gasteiger partial charge in [0.25, 0.3) is 0 Å². The maximum Gasteiger partial charge on any atom is 0.243 e. The van der Waals surface area contributed by atoms with Gasteiger partial charge in [-0.25, -0.2) is 0 Å². The van der Waals surface area contributed by atoms with E-state index in [1.165, 1.54) is 4.90 Å². The van der Waals surface area contributed by atoms with Gasteiger partial charge in [-0.1, -0.05) is 17.7 Å². The van der Waals surface area contributed by atoms with Crippen molar-refractivity contribution in [3.8, 4) is 11.5 Å². The fourth-order valence-electron chi connectivity index (χ4n) is 3.18. The number of hydrogen-bond acceptors (Lipinski definition) is 4. The van der Waals surface area contributed by atoms with E-state index in [2.05, 4.69) is 5.32 Å². The van der Waals surface area contributed by atoms with Gasteiger partial charge in [-0.3, -0.25) is 9.59 Å². The molecule has 0 spiro atoms. The van der Waals surface area contributed by atoms with Crippen LogP contribution >= 0.6 is 0 Å². The van der Waals surface area contributed by atoms with Crippen LogP contribution < -0.4 is 14.8 Å². The largest absolute Gasteiger partial charge is 0.497 e. The van der Waals surface area contributed by atoms with Gasteiger partial charge in [0.2, 0.25) is 11.8 Å². The van der Waals surface area contributed by atoms with Gasteiger partial charge in [-0.15, -0.1) is 0 Å². The van der Waals surface area contributed by atoms with E-state index in [-0.39, 0.29) is 24.8 Å². The molecule has 0 fully saturated rings. The molecule has 0 bridgehead atoms. The molecule has 0 saturated heterocycles. The quantitative estimate of drug-likeness (QED) is 0.796. The molecule has 0 aromatic heterocycles. The van der Waals surface area contributed by atoms with Crippen LogP contribution in [0.25, 0.3) is 0 Å². The molecule has 0 unspecified atom stereocenters. The number of hydrogen-bond donors (Lipinski definition) is 1. The molecule has 0 heterocycles. The zero-order valence-corrected chi connectivity index (χ0v) is 17.4. The van der Waals surface area contributed by atoms with Crippen molar-refractivity contribution in [3.05, 3.63) is 52.6 Å². The van der Waals surface area contributed by atoms with E-state index in [4.69, 9.17) is 9.47 Å². The van der Waals surface area contributed by atoms with E-state index in [9.17, 15) is 9.59 Å². The SMILES string of the molecule is COc1ccc(OC)c(CC(=O)N(C)CC(=O)Nc2c(C)cc(C)cc2C)c1. The number of likely N-dealkylation sites (N-methyl/N-ethyl adjacent to an activating group) is 1. The number of methoxy groups -OCH3 is 2. The minimum atomic E-state index is -0.233. The van der Waals surface area contributed by atoms with Crippen LogP contribution in [-0.2, 0) is 16.0 Å². The smallest absolute Gasteiger partial charge is 0.243 e. The third-order valence-corrected chi connectivity index (χ3v) is 4.58. The van der Waals surface area contributed by atoms with Crippen molar-refractivity contribution >= 4 is 17.5 Å². The van der Waals surface area contributed by atoms with Gasteiger partial charge in [0, 0.05) is 18.3 Å². The fraction of sp³-hybridized carbons (Fsp3) is 0.364. The van der Waals surface area contributed by atoms with E-state index in [0.29, 0.717) is 17.1 Å². The molecule has 2 amide bonds. The maximum absolute atomic E-state index is 12.6. The van der Waals surface area contributed by atoms with Crippen molar-refractivity contribution < 1.29 is 19.1 Å². The number of amides is 2. The molecule has 0 aliphatic heterocycles. The first kappa shape index (κ1) is 21.3. The normalized spacial score (nSPS) is 10.4. The van der Waals surface area contributed by atoms with Crippen molar-refractivity contribution in [2.75, 3.05) is 33.1 Å². The summed E-state index contributed by atoms with van der Waals surface area (Å²) < 4.78 is 10.5. The first-order valence-corrected chi connectivity index (χ1v) is 9.07. The highest BCUT2D eigenvalue weighted by atomic mass is 16.5. The van der Waals surface area contributed by atoms with E-state index < -0.39 is 0 Å². The Labute approximate surface area is 166 Å². The van der Waals surface area contributed by atoms with E-state index in [1.807, 2.05) is 32.9 Å². The van der Waals surface area contributed by atoms with Gasteiger partial charge in [0.05, 0.1) is 27.2 Å². The van der Waals surface area contributed by atoms with Gasteiger partial charge >= 0.3 is 0 Å². The number of anilines is 1. The zero-order chi connectivity index (χ0) is 20.8. The number of rotatable bonds is 7. The van der Waals surface area contributed by atoms with Crippen molar-refractivity contribution in [1.29, 1.82) is 0 Å². The molecular formula is C22H28N2O4. The van der Waals surface area contributed by atoms with Crippen molar-refractivity contribution in [2.45, 2.75) is 27.2 Å². The van der Waals surface area contributed by atoms with Gasteiger partial charge in [0.1, 0.15) is 11.5 Å². The number of nitrogens with zero attached hydrogens (tertiary/aromatic N) is 1. The van der Waals surface area contributed by atoms with E-state index in [1.54, 1.807) is 39.5 Å². The lowest BCUT2D eigenvalue weighted by Crippen LogP contribution is -2.36. The fourth-order valence-corrected chi connectivity index (χ4v) is 3.18. The topological polar surface area (TPSA) is 67.9 Å². The Morgan fingerprint density at radius 2 is 1.64 bits per heavy atom. The summed E-state index contributed by atoms with van der Waals surface area (Å²) in [6.45, 7) is 5.90. The summed E-state index contributed by atoms with van der Waals surface area (Å²) in [5, 5.41) is 2.92. The Bertz CT molecular complexity index is 854. The molecule has 2 aromatic rings. The highest BCUT2D eigenvalue weighted by molar-refractivity contribution is 5.96. The summed E-state index contributed by atoms with van der Waals surface area (Å²) in [7, 11) is 4.74. The van der Waals surface area contributed by atoms with Crippen LogP contribution in [0.2, 0.25) is 0 Å². The lowest BCUT2D eigenvalue weighted by molar-refractivity contribution is -0.132. The number of nitrogens with one attached hydrogen (secondary N) is 1. The van der Waals surface area contributed by atoms with Crippen LogP contribution in [0.15, 0.2) is 30.3 Å². The highest BCUT2D eigenvalue weighted by Gasteiger charge is 2.17. The summed E-state index contributed by atoms with van der Waals surface area (Å²) in [5.74, 6) is 0.842. The lowest BCUT2D eigenvalue weighted by Gasteiger charge is -2.19. The summed E-state index contributed by atoms with van der Waals surface area (Å²) in [4.78, 5) is 26.4. The predicted molar refractivity (Wildman–Crippen MR) is 110 cm³/mol. The Morgan fingerprint density at radius 3 is 2.21 bits per heavy atom. The van der Waals surface area contributed by atoms with Crippen LogP contribution in [0.1, 0.15) is 22.3 Å². The molecule has 0 aliphatic carbocycles. The summed E-state index contributed by atoms with van der Waals surface area (Å²) in [6.07, 6.45) is 0.118.